The van der Waals surface area contributed by atoms with E-state index in [4.69, 9.17) is 23.2 Å². The zero-order valence-corrected chi connectivity index (χ0v) is 13.9. The number of pyridine rings is 1. The van der Waals surface area contributed by atoms with Gasteiger partial charge in [0.15, 0.2) is 0 Å². The van der Waals surface area contributed by atoms with E-state index in [0.29, 0.717) is 25.9 Å². The van der Waals surface area contributed by atoms with E-state index >= 15 is 0 Å². The van der Waals surface area contributed by atoms with Crippen LogP contribution >= 0.6 is 55.1 Å². The number of nitrogens with one attached hydrogen (secondary N) is 1. The SMILES string of the molecule is O=C(Nc1c(Cl)cc(Br)cc1Cl)c1cccnc1Br. The third kappa shape index (κ3) is 3.48. The van der Waals surface area contributed by atoms with Crippen molar-refractivity contribution in [2.45, 2.75) is 0 Å². The van der Waals surface area contributed by atoms with E-state index in [2.05, 4.69) is 42.2 Å². The number of rotatable bonds is 2. The fourth-order valence-corrected chi connectivity index (χ4v) is 3.13. The van der Waals surface area contributed by atoms with Crippen LogP contribution in [0.3, 0.4) is 0 Å². The fourth-order valence-electron chi connectivity index (χ4n) is 1.40. The van der Waals surface area contributed by atoms with Crippen LogP contribution in [0.2, 0.25) is 10.0 Å². The number of benzene rings is 1. The van der Waals surface area contributed by atoms with E-state index in [1.54, 1.807) is 30.5 Å². The lowest BCUT2D eigenvalue weighted by Crippen LogP contribution is -2.13. The molecule has 0 aliphatic carbocycles. The lowest BCUT2D eigenvalue weighted by molar-refractivity contribution is 0.102. The second-order valence-electron chi connectivity index (χ2n) is 3.54. The van der Waals surface area contributed by atoms with Crippen LogP contribution in [0.15, 0.2) is 39.5 Å². The summed E-state index contributed by atoms with van der Waals surface area (Å²) in [6, 6.07) is 6.63. The molecule has 1 aromatic heterocycles. The van der Waals surface area contributed by atoms with Crippen molar-refractivity contribution in [3.63, 3.8) is 0 Å². The van der Waals surface area contributed by atoms with Crippen LogP contribution in [0.25, 0.3) is 0 Å². The Hall–Kier alpha value is -0.620. The van der Waals surface area contributed by atoms with E-state index in [0.717, 1.165) is 4.47 Å². The summed E-state index contributed by atoms with van der Waals surface area (Å²) in [4.78, 5) is 16.1. The summed E-state index contributed by atoms with van der Waals surface area (Å²) in [5.41, 5.74) is 0.768. The molecule has 98 valence electrons. The molecule has 0 bridgehead atoms. The van der Waals surface area contributed by atoms with Crippen LogP contribution in [-0.2, 0) is 0 Å². The van der Waals surface area contributed by atoms with Crippen LogP contribution in [0, 0.1) is 0 Å². The molecule has 3 nitrogen and oxygen atoms in total. The largest absolute Gasteiger partial charge is 0.319 e. The van der Waals surface area contributed by atoms with Crippen LogP contribution in [-0.4, -0.2) is 10.9 Å². The highest BCUT2D eigenvalue weighted by molar-refractivity contribution is 9.10. The Kier molecular flexibility index (Phi) is 4.84. The van der Waals surface area contributed by atoms with Gasteiger partial charge in [0, 0.05) is 10.7 Å². The van der Waals surface area contributed by atoms with Gasteiger partial charge in [-0.15, -0.1) is 0 Å². The third-order valence-electron chi connectivity index (χ3n) is 2.25. The van der Waals surface area contributed by atoms with Gasteiger partial charge in [0.05, 0.1) is 21.3 Å². The Labute approximate surface area is 136 Å². The molecule has 0 fully saturated rings. The Morgan fingerprint density at radius 1 is 1.21 bits per heavy atom. The van der Waals surface area contributed by atoms with Crippen molar-refractivity contribution in [2.24, 2.45) is 0 Å². The number of hydrogen-bond acceptors (Lipinski definition) is 2. The van der Waals surface area contributed by atoms with Crippen LogP contribution in [0.4, 0.5) is 5.69 Å². The van der Waals surface area contributed by atoms with Gasteiger partial charge in [-0.25, -0.2) is 4.98 Å². The number of amides is 1. The van der Waals surface area contributed by atoms with E-state index in [1.165, 1.54) is 0 Å². The molecule has 1 amide bonds. The molecule has 7 heteroatoms. The minimum Gasteiger partial charge on any atom is -0.319 e. The molecule has 1 aromatic carbocycles. The van der Waals surface area contributed by atoms with Gasteiger partial charge < -0.3 is 5.32 Å². The zero-order valence-electron chi connectivity index (χ0n) is 9.25. The van der Waals surface area contributed by atoms with Gasteiger partial charge in [-0.3, -0.25) is 4.79 Å². The Bertz CT molecular complexity index is 626. The average molecular weight is 425 g/mol. The van der Waals surface area contributed by atoms with Crippen molar-refractivity contribution in [3.05, 3.63) is 55.1 Å². The van der Waals surface area contributed by atoms with Crippen molar-refractivity contribution in [1.29, 1.82) is 0 Å². The van der Waals surface area contributed by atoms with Crippen LogP contribution in [0.1, 0.15) is 10.4 Å². The normalized spacial score (nSPS) is 10.3. The van der Waals surface area contributed by atoms with E-state index in [9.17, 15) is 4.79 Å². The summed E-state index contributed by atoms with van der Waals surface area (Å²) in [5.74, 6) is -0.342. The van der Waals surface area contributed by atoms with Gasteiger partial charge in [-0.05, 0) is 40.2 Å². The second kappa shape index (κ2) is 6.22. The van der Waals surface area contributed by atoms with Gasteiger partial charge in [0.2, 0.25) is 0 Å². The molecule has 1 N–H and O–H groups in total. The Morgan fingerprint density at radius 2 is 1.84 bits per heavy atom. The number of halogens is 4. The van der Waals surface area contributed by atoms with Crippen molar-refractivity contribution in [3.8, 4) is 0 Å². The molecular weight excluding hydrogens is 419 g/mol. The molecule has 0 aliphatic rings. The quantitative estimate of drug-likeness (QED) is 0.676. The van der Waals surface area contributed by atoms with Crippen molar-refractivity contribution >= 4 is 66.7 Å². The maximum atomic E-state index is 12.1. The maximum Gasteiger partial charge on any atom is 0.258 e. The molecule has 0 saturated carbocycles. The molecule has 0 spiro atoms. The lowest BCUT2D eigenvalue weighted by Gasteiger charge is -2.10. The molecule has 0 unspecified atom stereocenters. The van der Waals surface area contributed by atoms with Gasteiger partial charge in [0.1, 0.15) is 4.60 Å². The average Bonchev–Trinajstić information content (AvgIpc) is 2.34. The standard InChI is InChI=1S/C12H6Br2Cl2N2O/c13-6-4-8(15)10(9(16)5-6)18-12(19)7-2-1-3-17-11(7)14/h1-5H,(H,18,19). The van der Waals surface area contributed by atoms with Gasteiger partial charge >= 0.3 is 0 Å². The molecule has 19 heavy (non-hydrogen) atoms. The van der Waals surface area contributed by atoms with Crippen LogP contribution < -0.4 is 5.32 Å². The molecule has 0 atom stereocenters. The van der Waals surface area contributed by atoms with E-state index in [1.807, 2.05) is 0 Å². The summed E-state index contributed by atoms with van der Waals surface area (Å²) >= 11 is 18.6. The Balaban J connectivity index is 2.32. The topological polar surface area (TPSA) is 42.0 Å². The second-order valence-corrected chi connectivity index (χ2v) is 6.02. The summed E-state index contributed by atoms with van der Waals surface area (Å²) in [7, 11) is 0. The summed E-state index contributed by atoms with van der Waals surface area (Å²) in [6.45, 7) is 0. The fraction of sp³-hybridized carbons (Fsp3) is 0. The zero-order chi connectivity index (χ0) is 14.0. The first kappa shape index (κ1) is 14.8. The van der Waals surface area contributed by atoms with Gasteiger partial charge in [-0.2, -0.15) is 0 Å². The third-order valence-corrected chi connectivity index (χ3v) is 3.94. The van der Waals surface area contributed by atoms with Crippen LogP contribution in [0.5, 0.6) is 0 Å². The first-order valence-electron chi connectivity index (χ1n) is 5.05. The molecular formula is C12H6Br2Cl2N2O. The minimum absolute atomic E-state index is 0.342. The smallest absolute Gasteiger partial charge is 0.258 e. The predicted octanol–water partition coefficient (Wildman–Crippen LogP) is 5.17. The molecule has 1 heterocycles. The number of hydrogen-bond donors (Lipinski definition) is 1. The maximum absolute atomic E-state index is 12.1. The number of anilines is 1. The summed E-state index contributed by atoms with van der Waals surface area (Å²) in [6.07, 6.45) is 1.58. The highest BCUT2D eigenvalue weighted by Crippen LogP contribution is 2.34. The molecule has 0 saturated heterocycles. The predicted molar refractivity (Wildman–Crippen MR) is 84.1 cm³/mol. The Morgan fingerprint density at radius 3 is 2.42 bits per heavy atom. The lowest BCUT2D eigenvalue weighted by atomic mass is 10.2. The molecule has 2 rings (SSSR count). The number of aromatic nitrogens is 1. The summed E-state index contributed by atoms with van der Waals surface area (Å²) in [5, 5.41) is 3.38. The van der Waals surface area contributed by atoms with E-state index < -0.39 is 0 Å². The molecule has 0 radical (unpaired) electrons. The number of carbonyl (C=O) groups excluding carboxylic acids is 1. The van der Waals surface area contributed by atoms with Crippen molar-refractivity contribution in [1.82, 2.24) is 4.98 Å². The number of carbonyl (C=O) groups is 1. The van der Waals surface area contributed by atoms with Gasteiger partial charge in [-0.1, -0.05) is 39.1 Å². The van der Waals surface area contributed by atoms with E-state index in [-0.39, 0.29) is 5.91 Å². The summed E-state index contributed by atoms with van der Waals surface area (Å²) < 4.78 is 1.19. The monoisotopic (exact) mass is 422 g/mol. The van der Waals surface area contributed by atoms with Gasteiger partial charge in [0.25, 0.3) is 5.91 Å². The highest BCUT2D eigenvalue weighted by atomic mass is 79.9. The van der Waals surface area contributed by atoms with Crippen molar-refractivity contribution in [2.75, 3.05) is 5.32 Å². The van der Waals surface area contributed by atoms with Crippen molar-refractivity contribution < 1.29 is 4.79 Å². The molecule has 0 aliphatic heterocycles. The molecule has 2 aromatic rings. The highest BCUT2D eigenvalue weighted by Gasteiger charge is 2.15. The minimum atomic E-state index is -0.342. The number of nitrogens with zero attached hydrogens (tertiary/aromatic N) is 1. The first-order valence-corrected chi connectivity index (χ1v) is 7.39. The first-order chi connectivity index (χ1) is 8.99.